The molecular formula is C22H27N3O2. The Morgan fingerprint density at radius 1 is 1.15 bits per heavy atom. The first-order chi connectivity index (χ1) is 12.8. The van der Waals surface area contributed by atoms with E-state index in [9.17, 15) is 4.79 Å². The number of carbonyl (C=O) groups is 1. The first kappa shape index (κ1) is 19.0. The molecule has 0 aliphatic carbocycles. The van der Waals surface area contributed by atoms with Crippen LogP contribution in [0.1, 0.15) is 38.8 Å². The van der Waals surface area contributed by atoms with Crippen molar-refractivity contribution in [1.82, 2.24) is 9.38 Å². The molecule has 0 fully saturated rings. The van der Waals surface area contributed by atoms with E-state index in [0.717, 1.165) is 28.3 Å². The van der Waals surface area contributed by atoms with Crippen LogP contribution in [0.15, 0.2) is 42.6 Å². The third-order valence-corrected chi connectivity index (χ3v) is 4.50. The maximum absolute atomic E-state index is 11.8. The second-order valence-corrected chi connectivity index (χ2v) is 7.73. The fraction of sp³-hybridized carbons (Fsp3) is 0.364. The number of benzene rings is 1. The third-order valence-electron chi connectivity index (χ3n) is 4.50. The number of imidazole rings is 1. The van der Waals surface area contributed by atoms with Crippen molar-refractivity contribution < 1.29 is 9.53 Å². The van der Waals surface area contributed by atoms with Gasteiger partial charge in [-0.3, -0.25) is 9.20 Å². The van der Waals surface area contributed by atoms with Gasteiger partial charge in [0.25, 0.3) is 0 Å². The molecule has 0 atom stereocenters. The Balaban J connectivity index is 2.03. The number of pyridine rings is 1. The average Bonchev–Trinajstić information content (AvgIpc) is 2.97. The molecule has 5 nitrogen and oxygen atoms in total. The molecule has 0 amide bonds. The number of rotatable bonds is 5. The highest BCUT2D eigenvalue weighted by molar-refractivity contribution is 5.81. The Bertz CT molecular complexity index is 950. The van der Waals surface area contributed by atoms with Gasteiger partial charge in [0.1, 0.15) is 23.7 Å². The van der Waals surface area contributed by atoms with E-state index >= 15 is 0 Å². The van der Waals surface area contributed by atoms with Gasteiger partial charge < -0.3 is 10.1 Å². The van der Waals surface area contributed by atoms with Crippen molar-refractivity contribution in [2.75, 3.05) is 18.5 Å². The molecule has 0 spiro atoms. The number of esters is 1. The van der Waals surface area contributed by atoms with E-state index in [1.165, 1.54) is 5.56 Å². The Morgan fingerprint density at radius 2 is 1.85 bits per heavy atom. The molecular weight excluding hydrogens is 338 g/mol. The van der Waals surface area contributed by atoms with Crippen LogP contribution in [0.25, 0.3) is 16.9 Å². The van der Waals surface area contributed by atoms with Crippen LogP contribution in [0.5, 0.6) is 0 Å². The van der Waals surface area contributed by atoms with Gasteiger partial charge in [0, 0.05) is 11.8 Å². The molecule has 2 aromatic heterocycles. The first-order valence-electron chi connectivity index (χ1n) is 9.28. The molecule has 3 aromatic rings. The van der Waals surface area contributed by atoms with E-state index in [1.54, 1.807) is 6.92 Å². The van der Waals surface area contributed by atoms with Gasteiger partial charge in [0.2, 0.25) is 0 Å². The Labute approximate surface area is 160 Å². The monoisotopic (exact) mass is 365 g/mol. The minimum absolute atomic E-state index is 0.0968. The van der Waals surface area contributed by atoms with E-state index in [4.69, 9.17) is 9.72 Å². The number of hydrogen-bond acceptors (Lipinski definition) is 4. The van der Waals surface area contributed by atoms with Crippen LogP contribution in [0, 0.1) is 6.92 Å². The number of fused-ring (bicyclic) bond motifs is 1. The van der Waals surface area contributed by atoms with Crippen LogP contribution >= 0.6 is 0 Å². The minimum Gasteiger partial charge on any atom is -0.465 e. The van der Waals surface area contributed by atoms with Crippen molar-refractivity contribution in [3.05, 3.63) is 53.7 Å². The maximum atomic E-state index is 11.8. The fourth-order valence-corrected chi connectivity index (χ4v) is 3.02. The van der Waals surface area contributed by atoms with Gasteiger partial charge in [0.15, 0.2) is 0 Å². The van der Waals surface area contributed by atoms with Gasteiger partial charge in [-0.2, -0.15) is 0 Å². The summed E-state index contributed by atoms with van der Waals surface area (Å²) in [6.07, 6.45) is 2.02. The molecule has 0 unspecified atom stereocenters. The molecule has 142 valence electrons. The van der Waals surface area contributed by atoms with Gasteiger partial charge in [-0.05, 0) is 36.5 Å². The highest BCUT2D eigenvalue weighted by atomic mass is 16.5. The largest absolute Gasteiger partial charge is 0.465 e. The lowest BCUT2D eigenvalue weighted by molar-refractivity contribution is -0.140. The molecule has 5 heteroatoms. The highest BCUT2D eigenvalue weighted by Crippen LogP contribution is 2.31. The molecule has 2 heterocycles. The van der Waals surface area contributed by atoms with Crippen LogP contribution in [-0.4, -0.2) is 28.5 Å². The third kappa shape index (κ3) is 4.13. The lowest BCUT2D eigenvalue weighted by Gasteiger charge is -2.19. The summed E-state index contributed by atoms with van der Waals surface area (Å²) in [4.78, 5) is 16.6. The summed E-state index contributed by atoms with van der Waals surface area (Å²) in [6, 6.07) is 12.5. The quantitative estimate of drug-likeness (QED) is 0.672. The zero-order valence-corrected chi connectivity index (χ0v) is 16.7. The predicted octanol–water partition coefficient (Wildman–Crippen LogP) is 4.58. The van der Waals surface area contributed by atoms with Crippen LogP contribution in [0.2, 0.25) is 0 Å². The van der Waals surface area contributed by atoms with E-state index in [-0.39, 0.29) is 17.9 Å². The number of anilines is 1. The van der Waals surface area contributed by atoms with E-state index in [2.05, 4.69) is 50.4 Å². The zero-order valence-electron chi connectivity index (χ0n) is 16.7. The Kier molecular flexibility index (Phi) is 5.22. The molecule has 0 aliphatic heterocycles. The van der Waals surface area contributed by atoms with Crippen molar-refractivity contribution in [2.45, 2.75) is 40.0 Å². The molecule has 1 N–H and O–H groups in total. The number of ether oxygens (including phenoxy) is 1. The van der Waals surface area contributed by atoms with Crippen LogP contribution in [0.4, 0.5) is 5.82 Å². The SMILES string of the molecule is CCOC(=O)CNc1c(-c2ccc(C(C)(C)C)cc2)nc2ccc(C)cn12. The van der Waals surface area contributed by atoms with Crippen molar-refractivity contribution >= 4 is 17.4 Å². The topological polar surface area (TPSA) is 55.6 Å². The van der Waals surface area contributed by atoms with Gasteiger partial charge in [-0.15, -0.1) is 0 Å². The number of nitrogens with one attached hydrogen (secondary N) is 1. The molecule has 0 aliphatic rings. The highest BCUT2D eigenvalue weighted by Gasteiger charge is 2.17. The summed E-state index contributed by atoms with van der Waals surface area (Å²) in [5.41, 5.74) is 5.16. The fourth-order valence-electron chi connectivity index (χ4n) is 3.02. The van der Waals surface area contributed by atoms with Crippen LogP contribution in [0.3, 0.4) is 0 Å². The summed E-state index contributed by atoms with van der Waals surface area (Å²) in [7, 11) is 0. The number of aryl methyl sites for hydroxylation is 1. The van der Waals surface area contributed by atoms with Crippen LogP contribution < -0.4 is 5.32 Å². The lowest BCUT2D eigenvalue weighted by Crippen LogP contribution is -2.18. The molecule has 0 bridgehead atoms. The summed E-state index contributed by atoms with van der Waals surface area (Å²) >= 11 is 0. The predicted molar refractivity (Wildman–Crippen MR) is 109 cm³/mol. The number of hydrogen-bond donors (Lipinski definition) is 1. The molecule has 0 saturated carbocycles. The smallest absolute Gasteiger partial charge is 0.325 e. The van der Waals surface area contributed by atoms with Crippen molar-refractivity contribution in [2.24, 2.45) is 0 Å². The summed E-state index contributed by atoms with van der Waals surface area (Å²) < 4.78 is 7.03. The van der Waals surface area contributed by atoms with Gasteiger partial charge in [0.05, 0.1) is 6.61 Å². The Hall–Kier alpha value is -2.82. The van der Waals surface area contributed by atoms with E-state index < -0.39 is 0 Å². The standard InChI is InChI=1S/C22H27N3O2/c1-6-27-19(26)13-23-21-20(24-18-12-7-15(2)14-25(18)21)16-8-10-17(11-9-16)22(3,4)5/h7-12,14,23H,6,13H2,1-5H3. The van der Waals surface area contributed by atoms with Gasteiger partial charge >= 0.3 is 5.97 Å². The number of aromatic nitrogens is 2. The summed E-state index contributed by atoms with van der Waals surface area (Å²) in [5.74, 6) is 0.513. The summed E-state index contributed by atoms with van der Waals surface area (Å²) in [6.45, 7) is 10.9. The minimum atomic E-state index is -0.283. The maximum Gasteiger partial charge on any atom is 0.325 e. The van der Waals surface area contributed by atoms with Crippen molar-refractivity contribution in [1.29, 1.82) is 0 Å². The molecule has 0 radical (unpaired) electrons. The van der Waals surface area contributed by atoms with E-state index in [1.807, 2.05) is 29.7 Å². The van der Waals surface area contributed by atoms with Crippen molar-refractivity contribution in [3.8, 4) is 11.3 Å². The molecule has 0 saturated heterocycles. The molecule has 1 aromatic carbocycles. The molecule has 27 heavy (non-hydrogen) atoms. The Morgan fingerprint density at radius 3 is 2.48 bits per heavy atom. The number of nitrogens with zero attached hydrogens (tertiary/aromatic N) is 2. The van der Waals surface area contributed by atoms with Gasteiger partial charge in [-0.1, -0.05) is 51.1 Å². The van der Waals surface area contributed by atoms with Crippen LogP contribution in [-0.2, 0) is 14.9 Å². The first-order valence-corrected chi connectivity index (χ1v) is 9.28. The lowest BCUT2D eigenvalue weighted by atomic mass is 9.86. The average molecular weight is 365 g/mol. The summed E-state index contributed by atoms with van der Waals surface area (Å²) in [5, 5.41) is 3.22. The second-order valence-electron chi connectivity index (χ2n) is 7.73. The molecule has 3 rings (SSSR count). The normalized spacial score (nSPS) is 11.6. The number of carbonyl (C=O) groups excluding carboxylic acids is 1. The second kappa shape index (κ2) is 7.43. The van der Waals surface area contributed by atoms with Crippen molar-refractivity contribution in [3.63, 3.8) is 0 Å². The zero-order chi connectivity index (χ0) is 19.6. The van der Waals surface area contributed by atoms with Gasteiger partial charge in [-0.25, -0.2) is 4.98 Å². The van der Waals surface area contributed by atoms with E-state index in [0.29, 0.717) is 6.61 Å².